The van der Waals surface area contributed by atoms with Crippen LogP contribution in [-0.2, 0) is 29.7 Å². The smallest absolute Gasteiger partial charge is 0.191 e. The number of guanidine groups is 1. The van der Waals surface area contributed by atoms with Crippen molar-refractivity contribution in [2.45, 2.75) is 39.8 Å². The van der Waals surface area contributed by atoms with Crippen molar-refractivity contribution in [1.29, 1.82) is 0 Å². The number of aliphatic imine (C=N–C) groups is 1. The predicted molar refractivity (Wildman–Crippen MR) is 107 cm³/mol. The van der Waals surface area contributed by atoms with Gasteiger partial charge in [-0.15, -0.1) is 10.2 Å². The third-order valence-corrected chi connectivity index (χ3v) is 4.11. The van der Waals surface area contributed by atoms with E-state index < -0.39 is 0 Å². The molecular formula is C19H32N6O3. The van der Waals surface area contributed by atoms with E-state index in [0.717, 1.165) is 62.5 Å². The standard InChI is InChI=1S/C19H32N6O3/c1-4-26-11-6-9-20-19(22-14-18-24-23-16(2)25(18)3)21-10-7-12-27-15-17-8-5-13-28-17/h5,8,13H,4,6-7,9-12,14-15H2,1-3H3,(H2,20,21,22). The van der Waals surface area contributed by atoms with Crippen LogP contribution in [0.4, 0.5) is 0 Å². The lowest BCUT2D eigenvalue weighted by atomic mass is 10.4. The lowest BCUT2D eigenvalue weighted by Crippen LogP contribution is -2.39. The highest BCUT2D eigenvalue weighted by molar-refractivity contribution is 5.79. The maximum absolute atomic E-state index is 5.60. The summed E-state index contributed by atoms with van der Waals surface area (Å²) in [7, 11) is 1.94. The Morgan fingerprint density at radius 1 is 1.18 bits per heavy atom. The predicted octanol–water partition coefficient (Wildman–Crippen LogP) is 1.79. The van der Waals surface area contributed by atoms with E-state index in [0.29, 0.717) is 19.8 Å². The number of hydrogen-bond acceptors (Lipinski definition) is 6. The Morgan fingerprint density at radius 2 is 1.93 bits per heavy atom. The molecular weight excluding hydrogens is 360 g/mol. The third-order valence-electron chi connectivity index (χ3n) is 4.11. The van der Waals surface area contributed by atoms with Gasteiger partial charge < -0.3 is 29.1 Å². The van der Waals surface area contributed by atoms with Crippen LogP contribution in [0, 0.1) is 6.92 Å². The van der Waals surface area contributed by atoms with Crippen molar-refractivity contribution in [2.24, 2.45) is 12.0 Å². The van der Waals surface area contributed by atoms with Gasteiger partial charge in [-0.3, -0.25) is 0 Å². The summed E-state index contributed by atoms with van der Waals surface area (Å²) in [5.74, 6) is 3.29. The van der Waals surface area contributed by atoms with Gasteiger partial charge >= 0.3 is 0 Å². The summed E-state index contributed by atoms with van der Waals surface area (Å²) in [5.41, 5.74) is 0. The van der Waals surface area contributed by atoms with E-state index in [1.807, 2.05) is 37.6 Å². The minimum atomic E-state index is 0.465. The van der Waals surface area contributed by atoms with Gasteiger partial charge in [0.15, 0.2) is 11.8 Å². The molecule has 0 radical (unpaired) electrons. The van der Waals surface area contributed by atoms with Gasteiger partial charge in [0, 0.05) is 40.0 Å². The molecule has 9 nitrogen and oxygen atoms in total. The Balaban J connectivity index is 1.72. The van der Waals surface area contributed by atoms with E-state index in [-0.39, 0.29) is 0 Å². The summed E-state index contributed by atoms with van der Waals surface area (Å²) in [6.45, 7) is 8.55. The van der Waals surface area contributed by atoms with Crippen LogP contribution in [0.5, 0.6) is 0 Å². The van der Waals surface area contributed by atoms with Gasteiger partial charge in [-0.25, -0.2) is 4.99 Å². The molecule has 0 aromatic carbocycles. The first-order valence-corrected chi connectivity index (χ1v) is 9.75. The molecule has 0 saturated heterocycles. The second kappa shape index (κ2) is 12.9. The minimum absolute atomic E-state index is 0.465. The van der Waals surface area contributed by atoms with Crippen molar-refractivity contribution in [3.05, 3.63) is 35.8 Å². The topological polar surface area (TPSA) is 98.7 Å². The van der Waals surface area contributed by atoms with Crippen LogP contribution < -0.4 is 10.6 Å². The first kappa shape index (κ1) is 21.9. The van der Waals surface area contributed by atoms with Crippen LogP contribution >= 0.6 is 0 Å². The fourth-order valence-electron chi connectivity index (χ4n) is 2.39. The molecule has 2 heterocycles. The number of nitrogens with one attached hydrogen (secondary N) is 2. The van der Waals surface area contributed by atoms with Crippen LogP contribution in [0.25, 0.3) is 0 Å². The number of aryl methyl sites for hydroxylation is 1. The van der Waals surface area contributed by atoms with Gasteiger partial charge in [-0.2, -0.15) is 0 Å². The summed E-state index contributed by atoms with van der Waals surface area (Å²) in [5, 5.41) is 14.9. The molecule has 0 atom stereocenters. The van der Waals surface area contributed by atoms with Crippen LogP contribution in [0.1, 0.15) is 37.2 Å². The molecule has 9 heteroatoms. The van der Waals surface area contributed by atoms with E-state index in [2.05, 4.69) is 25.8 Å². The number of hydrogen-bond donors (Lipinski definition) is 2. The van der Waals surface area contributed by atoms with Crippen molar-refractivity contribution >= 4 is 5.96 Å². The van der Waals surface area contributed by atoms with E-state index in [4.69, 9.17) is 13.9 Å². The quantitative estimate of drug-likeness (QED) is 0.305. The van der Waals surface area contributed by atoms with Gasteiger partial charge in [0.25, 0.3) is 0 Å². The maximum atomic E-state index is 5.60. The molecule has 0 aliphatic rings. The second-order valence-electron chi connectivity index (χ2n) is 6.28. The molecule has 2 aromatic rings. The Labute approximate surface area is 166 Å². The summed E-state index contributed by atoms with van der Waals surface area (Å²) < 4.78 is 18.2. The van der Waals surface area contributed by atoms with E-state index in [1.54, 1.807) is 6.26 Å². The van der Waals surface area contributed by atoms with Crippen molar-refractivity contribution in [3.8, 4) is 0 Å². The summed E-state index contributed by atoms with van der Waals surface area (Å²) >= 11 is 0. The highest BCUT2D eigenvalue weighted by Crippen LogP contribution is 2.02. The zero-order chi connectivity index (χ0) is 20.0. The van der Waals surface area contributed by atoms with E-state index >= 15 is 0 Å². The molecule has 0 bridgehead atoms. The molecule has 0 fully saturated rings. The zero-order valence-corrected chi connectivity index (χ0v) is 17.1. The third kappa shape index (κ3) is 8.10. The van der Waals surface area contributed by atoms with Crippen molar-refractivity contribution < 1.29 is 13.9 Å². The molecule has 28 heavy (non-hydrogen) atoms. The highest BCUT2D eigenvalue weighted by Gasteiger charge is 2.05. The number of rotatable bonds is 13. The molecule has 2 N–H and O–H groups in total. The lowest BCUT2D eigenvalue weighted by Gasteiger charge is -2.13. The summed E-state index contributed by atoms with van der Waals surface area (Å²) in [6.07, 6.45) is 3.44. The Hall–Kier alpha value is -2.39. The number of ether oxygens (including phenoxy) is 2. The van der Waals surface area contributed by atoms with Crippen molar-refractivity contribution in [1.82, 2.24) is 25.4 Å². The van der Waals surface area contributed by atoms with Crippen molar-refractivity contribution in [2.75, 3.05) is 32.9 Å². The van der Waals surface area contributed by atoms with Crippen LogP contribution in [0.3, 0.4) is 0 Å². The van der Waals surface area contributed by atoms with Crippen LogP contribution in [-0.4, -0.2) is 53.6 Å². The number of aromatic nitrogens is 3. The van der Waals surface area contributed by atoms with Gasteiger partial charge in [-0.1, -0.05) is 0 Å². The molecule has 0 saturated carbocycles. The molecule has 0 unspecified atom stereocenters. The Kier molecular flexibility index (Phi) is 10.1. The zero-order valence-electron chi connectivity index (χ0n) is 17.1. The van der Waals surface area contributed by atoms with E-state index in [9.17, 15) is 0 Å². The Bertz CT molecular complexity index is 684. The molecule has 0 amide bonds. The second-order valence-corrected chi connectivity index (χ2v) is 6.28. The monoisotopic (exact) mass is 392 g/mol. The SMILES string of the molecule is CCOCCCNC(=NCc1nnc(C)n1C)NCCCOCc1ccco1. The lowest BCUT2D eigenvalue weighted by molar-refractivity contribution is 0.105. The Morgan fingerprint density at radius 3 is 2.54 bits per heavy atom. The highest BCUT2D eigenvalue weighted by atomic mass is 16.5. The average Bonchev–Trinajstić information content (AvgIpc) is 3.32. The molecule has 156 valence electrons. The van der Waals surface area contributed by atoms with E-state index in [1.165, 1.54) is 0 Å². The first-order valence-electron chi connectivity index (χ1n) is 9.75. The van der Waals surface area contributed by atoms with Crippen molar-refractivity contribution in [3.63, 3.8) is 0 Å². The first-order chi connectivity index (χ1) is 13.7. The number of furan rings is 1. The fourth-order valence-corrected chi connectivity index (χ4v) is 2.39. The van der Waals surface area contributed by atoms with Gasteiger partial charge in [-0.05, 0) is 38.8 Å². The largest absolute Gasteiger partial charge is 0.467 e. The van der Waals surface area contributed by atoms with Crippen LogP contribution in [0.2, 0.25) is 0 Å². The van der Waals surface area contributed by atoms with Crippen LogP contribution in [0.15, 0.2) is 27.8 Å². The van der Waals surface area contributed by atoms with Gasteiger partial charge in [0.05, 0.1) is 6.26 Å². The summed E-state index contributed by atoms with van der Waals surface area (Å²) in [6, 6.07) is 3.77. The van der Waals surface area contributed by atoms with Gasteiger partial charge in [0.2, 0.25) is 0 Å². The molecule has 2 rings (SSSR count). The molecule has 0 spiro atoms. The number of nitrogens with zero attached hydrogens (tertiary/aromatic N) is 4. The fraction of sp³-hybridized carbons (Fsp3) is 0.632. The maximum Gasteiger partial charge on any atom is 0.191 e. The molecule has 0 aliphatic carbocycles. The minimum Gasteiger partial charge on any atom is -0.467 e. The summed E-state index contributed by atoms with van der Waals surface area (Å²) in [4.78, 5) is 4.62. The average molecular weight is 393 g/mol. The molecule has 2 aromatic heterocycles. The van der Waals surface area contributed by atoms with Gasteiger partial charge in [0.1, 0.15) is 24.7 Å². The molecule has 0 aliphatic heterocycles. The normalized spacial score (nSPS) is 11.8.